The second kappa shape index (κ2) is 8.47. The average molecular weight is 332 g/mol. The van der Waals surface area contributed by atoms with Gasteiger partial charge in [0.2, 0.25) is 0 Å². The number of nitrogens with zero attached hydrogens (tertiary/aromatic N) is 3. The molecule has 130 valence electrons. The summed E-state index contributed by atoms with van der Waals surface area (Å²) in [5.41, 5.74) is 0.936. The molecule has 7 heteroatoms. The molecule has 0 aliphatic carbocycles. The van der Waals surface area contributed by atoms with Crippen LogP contribution in [0.4, 0.5) is 4.79 Å². The highest BCUT2D eigenvalue weighted by Crippen LogP contribution is 2.20. The van der Waals surface area contributed by atoms with Gasteiger partial charge in [0.1, 0.15) is 11.9 Å². The molecular weight excluding hydrogens is 308 g/mol. The number of carbonyl (C=O) groups is 1. The van der Waals surface area contributed by atoms with Gasteiger partial charge >= 0.3 is 6.03 Å². The van der Waals surface area contributed by atoms with Crippen LogP contribution in [0.5, 0.6) is 0 Å². The van der Waals surface area contributed by atoms with E-state index in [1.807, 2.05) is 48.1 Å². The van der Waals surface area contributed by atoms with Gasteiger partial charge in [0, 0.05) is 33.6 Å². The molecule has 0 aliphatic heterocycles. The molecule has 0 saturated carbocycles. The van der Waals surface area contributed by atoms with Gasteiger partial charge in [-0.1, -0.05) is 30.3 Å². The van der Waals surface area contributed by atoms with Crippen molar-refractivity contribution in [3.8, 4) is 0 Å². The highest BCUT2D eigenvalue weighted by atomic mass is 16.5. The van der Waals surface area contributed by atoms with Crippen LogP contribution in [0.25, 0.3) is 0 Å². The molecule has 0 radical (unpaired) electrons. The lowest BCUT2D eigenvalue weighted by molar-refractivity contribution is 0.0488. The van der Waals surface area contributed by atoms with Gasteiger partial charge in [-0.05, 0) is 5.56 Å². The van der Waals surface area contributed by atoms with E-state index in [4.69, 9.17) is 4.74 Å². The smallest absolute Gasteiger partial charge is 0.318 e. The van der Waals surface area contributed by atoms with Gasteiger partial charge < -0.3 is 24.6 Å². The maximum Gasteiger partial charge on any atom is 0.318 e. The van der Waals surface area contributed by atoms with Crippen molar-refractivity contribution in [3.05, 3.63) is 54.1 Å². The Hall–Kier alpha value is -2.38. The predicted molar refractivity (Wildman–Crippen MR) is 90.5 cm³/mol. The number of carbonyl (C=O) groups excluding carboxylic acids is 1. The Labute approximate surface area is 141 Å². The summed E-state index contributed by atoms with van der Waals surface area (Å²) in [5, 5.41) is 12.8. The second-order valence-corrected chi connectivity index (χ2v) is 5.68. The molecule has 2 aromatic rings. The van der Waals surface area contributed by atoms with Crippen molar-refractivity contribution < 1.29 is 14.6 Å². The first-order valence-electron chi connectivity index (χ1n) is 7.73. The molecule has 0 saturated heterocycles. The zero-order valence-corrected chi connectivity index (χ0v) is 14.2. The van der Waals surface area contributed by atoms with Crippen LogP contribution in [0.1, 0.15) is 17.4 Å². The molecule has 1 aromatic heterocycles. The molecule has 0 fully saturated rings. The van der Waals surface area contributed by atoms with Crippen molar-refractivity contribution >= 4 is 6.03 Å². The fourth-order valence-corrected chi connectivity index (χ4v) is 2.48. The van der Waals surface area contributed by atoms with E-state index in [1.54, 1.807) is 13.2 Å². The molecule has 2 amide bonds. The number of hydrogen-bond acceptors (Lipinski definition) is 4. The quantitative estimate of drug-likeness (QED) is 0.797. The molecule has 0 unspecified atom stereocenters. The fourth-order valence-electron chi connectivity index (χ4n) is 2.48. The fraction of sp³-hybridized carbons (Fsp3) is 0.412. The van der Waals surface area contributed by atoms with Crippen LogP contribution in [0.3, 0.4) is 0 Å². The van der Waals surface area contributed by atoms with Crippen LogP contribution < -0.4 is 5.32 Å². The third kappa shape index (κ3) is 4.56. The molecule has 1 heterocycles. The zero-order chi connectivity index (χ0) is 17.5. The van der Waals surface area contributed by atoms with Crippen molar-refractivity contribution in [1.82, 2.24) is 19.8 Å². The summed E-state index contributed by atoms with van der Waals surface area (Å²) in [4.78, 5) is 18.3. The Morgan fingerprint density at radius 1 is 1.42 bits per heavy atom. The second-order valence-electron chi connectivity index (χ2n) is 5.68. The zero-order valence-electron chi connectivity index (χ0n) is 14.2. The third-order valence-electron chi connectivity index (χ3n) is 3.71. The third-order valence-corrected chi connectivity index (χ3v) is 3.71. The van der Waals surface area contributed by atoms with Gasteiger partial charge in [-0.25, -0.2) is 9.78 Å². The number of amides is 2. The standard InChI is InChI=1S/C17H24N4O3/c1-20-10-9-18-16(20)15(13-7-5-4-6-8-13)19-17(23)21(2)11-14(22)12-24-3/h4-10,14-15,22H,11-12H2,1-3H3,(H,19,23)/t14-,15+/m0/s1. The first-order chi connectivity index (χ1) is 11.5. The molecule has 1 aromatic carbocycles. The molecule has 2 rings (SSSR count). The highest BCUT2D eigenvalue weighted by Gasteiger charge is 2.23. The SMILES string of the molecule is COC[C@@H](O)CN(C)C(=O)N[C@H](c1ccccc1)c1nccn1C. The number of aryl methyl sites for hydroxylation is 1. The number of ether oxygens (including phenoxy) is 1. The number of likely N-dealkylation sites (N-methyl/N-ethyl adjacent to an activating group) is 1. The number of aliphatic hydroxyl groups is 1. The largest absolute Gasteiger partial charge is 0.389 e. The topological polar surface area (TPSA) is 79.6 Å². The van der Waals surface area contributed by atoms with E-state index in [-0.39, 0.29) is 25.2 Å². The van der Waals surface area contributed by atoms with Crippen molar-refractivity contribution in [2.24, 2.45) is 7.05 Å². The van der Waals surface area contributed by atoms with Crippen LogP contribution in [-0.4, -0.2) is 59.0 Å². The number of nitrogens with one attached hydrogen (secondary N) is 1. The Bertz CT molecular complexity index is 644. The van der Waals surface area contributed by atoms with Gasteiger partial charge in [-0.3, -0.25) is 0 Å². The number of hydrogen-bond donors (Lipinski definition) is 2. The molecule has 2 N–H and O–H groups in total. The van der Waals surface area contributed by atoms with Gasteiger partial charge in [0.25, 0.3) is 0 Å². The minimum Gasteiger partial charge on any atom is -0.389 e. The Morgan fingerprint density at radius 3 is 2.71 bits per heavy atom. The van der Waals surface area contributed by atoms with E-state index in [2.05, 4.69) is 10.3 Å². The number of aromatic nitrogens is 2. The van der Waals surface area contributed by atoms with Crippen molar-refractivity contribution in [3.63, 3.8) is 0 Å². The lowest BCUT2D eigenvalue weighted by atomic mass is 10.1. The summed E-state index contributed by atoms with van der Waals surface area (Å²) in [7, 11) is 5.03. The Kier molecular flexibility index (Phi) is 6.34. The normalized spacial score (nSPS) is 13.3. The maximum atomic E-state index is 12.5. The van der Waals surface area contributed by atoms with Gasteiger partial charge in [0.05, 0.1) is 19.3 Å². The Balaban J connectivity index is 2.14. The van der Waals surface area contributed by atoms with E-state index in [9.17, 15) is 9.90 Å². The first-order valence-corrected chi connectivity index (χ1v) is 7.73. The van der Waals surface area contributed by atoms with Crippen LogP contribution >= 0.6 is 0 Å². The van der Waals surface area contributed by atoms with Gasteiger partial charge in [0.15, 0.2) is 0 Å². The summed E-state index contributed by atoms with van der Waals surface area (Å²) < 4.78 is 6.76. The predicted octanol–water partition coefficient (Wildman–Crippen LogP) is 1.16. The van der Waals surface area contributed by atoms with E-state index >= 15 is 0 Å². The Morgan fingerprint density at radius 2 is 2.12 bits per heavy atom. The molecule has 0 spiro atoms. The monoisotopic (exact) mass is 332 g/mol. The molecule has 24 heavy (non-hydrogen) atoms. The van der Waals surface area contributed by atoms with Crippen LogP contribution in [0, 0.1) is 0 Å². The van der Waals surface area contributed by atoms with E-state index in [0.717, 1.165) is 11.4 Å². The van der Waals surface area contributed by atoms with Gasteiger partial charge in [-0.15, -0.1) is 0 Å². The molecule has 0 aliphatic rings. The van der Waals surface area contributed by atoms with Crippen LogP contribution in [0.15, 0.2) is 42.7 Å². The minimum absolute atomic E-state index is 0.180. The summed E-state index contributed by atoms with van der Waals surface area (Å²) >= 11 is 0. The number of urea groups is 1. The van der Waals surface area contributed by atoms with Crippen molar-refractivity contribution in [1.29, 1.82) is 0 Å². The number of methoxy groups -OCH3 is 1. The summed E-state index contributed by atoms with van der Waals surface area (Å²) in [6.45, 7) is 0.362. The van der Waals surface area contributed by atoms with Crippen LogP contribution in [-0.2, 0) is 11.8 Å². The molecule has 7 nitrogen and oxygen atoms in total. The van der Waals surface area contributed by atoms with Crippen molar-refractivity contribution in [2.75, 3.05) is 27.3 Å². The molecule has 0 bridgehead atoms. The summed E-state index contributed by atoms with van der Waals surface area (Å²) in [6.07, 6.45) is 2.81. The number of benzene rings is 1. The minimum atomic E-state index is -0.728. The van der Waals surface area contributed by atoms with Gasteiger partial charge in [-0.2, -0.15) is 0 Å². The number of imidazole rings is 1. The summed E-state index contributed by atoms with van der Waals surface area (Å²) in [5.74, 6) is 0.736. The molecule has 2 atom stereocenters. The first kappa shape index (κ1) is 18.0. The maximum absolute atomic E-state index is 12.5. The average Bonchev–Trinajstić information content (AvgIpc) is 2.99. The lowest BCUT2D eigenvalue weighted by Gasteiger charge is -2.25. The van der Waals surface area contributed by atoms with Crippen molar-refractivity contribution in [2.45, 2.75) is 12.1 Å². The lowest BCUT2D eigenvalue weighted by Crippen LogP contribution is -2.44. The molecular formula is C17H24N4O3. The van der Waals surface area contributed by atoms with E-state index in [0.29, 0.717) is 0 Å². The summed E-state index contributed by atoms with van der Waals surface area (Å²) in [6, 6.07) is 8.99. The van der Waals surface area contributed by atoms with Crippen LogP contribution in [0.2, 0.25) is 0 Å². The van der Waals surface area contributed by atoms with E-state index in [1.165, 1.54) is 12.0 Å². The highest BCUT2D eigenvalue weighted by molar-refractivity contribution is 5.74. The van der Waals surface area contributed by atoms with E-state index < -0.39 is 6.10 Å². The number of rotatable bonds is 7. The number of aliphatic hydroxyl groups excluding tert-OH is 1.